The number of cyclic esters (lactones) is 1. The molecule has 0 saturated heterocycles. The molecule has 8 heteroatoms. The predicted molar refractivity (Wildman–Crippen MR) is 114 cm³/mol. The lowest BCUT2D eigenvalue weighted by molar-refractivity contribution is -0.129. The molecule has 0 aliphatic carbocycles. The van der Waals surface area contributed by atoms with Gasteiger partial charge in [0.25, 0.3) is 0 Å². The Morgan fingerprint density at radius 2 is 1.58 bits per heavy atom. The molecule has 0 amide bonds. The van der Waals surface area contributed by atoms with E-state index in [1.807, 2.05) is 18.2 Å². The highest BCUT2D eigenvalue weighted by atomic mass is 32.2. The van der Waals surface area contributed by atoms with E-state index in [1.54, 1.807) is 42.5 Å². The Bertz CT molecular complexity index is 1280. The molecule has 0 radical (unpaired) electrons. The number of carbonyl (C=O) groups excluding carboxylic acids is 1. The first-order valence-electron chi connectivity index (χ1n) is 9.22. The molecule has 0 N–H and O–H groups in total. The molecule has 1 aliphatic rings. The molecule has 0 saturated carbocycles. The van der Waals surface area contributed by atoms with E-state index in [2.05, 4.69) is 4.99 Å². The monoisotopic (exact) mass is 435 g/mol. The Balaban J connectivity index is 1.61. The van der Waals surface area contributed by atoms with Crippen LogP contribution in [0.2, 0.25) is 0 Å². The third-order valence-electron chi connectivity index (χ3n) is 4.36. The first-order chi connectivity index (χ1) is 15.0. The summed E-state index contributed by atoms with van der Waals surface area (Å²) in [5.74, 6) is -0.147. The fourth-order valence-electron chi connectivity index (χ4n) is 2.87. The molecular formula is C23H17NO6S. The zero-order valence-electron chi connectivity index (χ0n) is 16.4. The van der Waals surface area contributed by atoms with Crippen molar-refractivity contribution in [3.8, 4) is 11.5 Å². The second-order valence-corrected chi connectivity index (χ2v) is 8.01. The molecule has 156 valence electrons. The zero-order chi connectivity index (χ0) is 21.8. The first-order valence-corrected chi connectivity index (χ1v) is 10.6. The summed E-state index contributed by atoms with van der Waals surface area (Å²) in [6, 6.07) is 21.5. The molecule has 1 aliphatic heterocycles. The Labute approximate surface area is 179 Å². The Kier molecular flexibility index (Phi) is 5.55. The smallest absolute Gasteiger partial charge is 0.363 e. The highest BCUT2D eigenvalue weighted by Crippen LogP contribution is 2.32. The molecule has 0 bridgehead atoms. The summed E-state index contributed by atoms with van der Waals surface area (Å²) in [6.45, 7) is 0. The number of methoxy groups -OCH3 is 1. The van der Waals surface area contributed by atoms with Gasteiger partial charge < -0.3 is 13.7 Å². The number of rotatable bonds is 6. The molecule has 7 nitrogen and oxygen atoms in total. The molecule has 3 aromatic carbocycles. The minimum atomic E-state index is -4.02. The van der Waals surface area contributed by atoms with Gasteiger partial charge in [0.15, 0.2) is 17.2 Å². The second-order valence-electron chi connectivity index (χ2n) is 6.46. The van der Waals surface area contributed by atoms with E-state index < -0.39 is 16.1 Å². The van der Waals surface area contributed by atoms with Crippen LogP contribution in [0.15, 0.2) is 94.4 Å². The zero-order valence-corrected chi connectivity index (χ0v) is 17.2. The molecule has 0 spiro atoms. The van der Waals surface area contributed by atoms with Crippen LogP contribution in [0.1, 0.15) is 11.1 Å². The van der Waals surface area contributed by atoms with Crippen molar-refractivity contribution in [3.63, 3.8) is 0 Å². The van der Waals surface area contributed by atoms with Crippen LogP contribution in [0.3, 0.4) is 0 Å². The molecule has 0 unspecified atom stereocenters. The van der Waals surface area contributed by atoms with Crippen molar-refractivity contribution in [2.24, 2.45) is 4.99 Å². The van der Waals surface area contributed by atoms with Crippen molar-refractivity contribution < 1.29 is 26.9 Å². The first kappa shape index (κ1) is 20.4. The predicted octanol–water partition coefficient (Wildman–Crippen LogP) is 3.81. The van der Waals surface area contributed by atoms with Crippen LogP contribution in [0, 0.1) is 0 Å². The van der Waals surface area contributed by atoms with Gasteiger partial charge in [-0.05, 0) is 48.0 Å². The van der Waals surface area contributed by atoms with Crippen LogP contribution in [0.5, 0.6) is 11.5 Å². The molecule has 1 heterocycles. The summed E-state index contributed by atoms with van der Waals surface area (Å²) in [5, 5.41) is 0. The van der Waals surface area contributed by atoms with Gasteiger partial charge >= 0.3 is 16.1 Å². The minimum absolute atomic E-state index is 0.0241. The largest absolute Gasteiger partial charge is 0.493 e. The fourth-order valence-corrected chi connectivity index (χ4v) is 3.83. The van der Waals surface area contributed by atoms with Gasteiger partial charge in [-0.2, -0.15) is 8.42 Å². The number of esters is 1. The number of nitrogens with zero attached hydrogens (tertiary/aromatic N) is 1. The number of hydrogen-bond donors (Lipinski definition) is 0. The van der Waals surface area contributed by atoms with Crippen LogP contribution in [-0.2, 0) is 19.6 Å². The van der Waals surface area contributed by atoms with Gasteiger partial charge in [0, 0.05) is 5.56 Å². The molecular weight excluding hydrogens is 418 g/mol. The number of benzene rings is 3. The Morgan fingerprint density at radius 1 is 0.903 bits per heavy atom. The lowest BCUT2D eigenvalue weighted by Gasteiger charge is -2.11. The van der Waals surface area contributed by atoms with Gasteiger partial charge in [0.2, 0.25) is 5.90 Å². The van der Waals surface area contributed by atoms with Crippen LogP contribution < -0.4 is 8.92 Å². The van der Waals surface area contributed by atoms with E-state index in [0.717, 1.165) is 0 Å². The van der Waals surface area contributed by atoms with E-state index in [4.69, 9.17) is 13.7 Å². The van der Waals surface area contributed by atoms with Gasteiger partial charge in [0.05, 0.1) is 7.11 Å². The summed E-state index contributed by atoms with van der Waals surface area (Å²) < 4.78 is 40.7. The van der Waals surface area contributed by atoms with Crippen molar-refractivity contribution in [1.29, 1.82) is 0 Å². The molecule has 0 atom stereocenters. The third kappa shape index (κ3) is 4.49. The van der Waals surface area contributed by atoms with E-state index in [0.29, 0.717) is 11.1 Å². The Morgan fingerprint density at radius 3 is 2.26 bits per heavy atom. The average molecular weight is 435 g/mol. The second kappa shape index (κ2) is 8.45. The number of aliphatic imine (C=N–C) groups is 1. The van der Waals surface area contributed by atoms with Crippen LogP contribution in [0.25, 0.3) is 6.08 Å². The summed E-state index contributed by atoms with van der Waals surface area (Å²) in [6.07, 6.45) is 1.52. The molecule has 4 rings (SSSR count). The number of hydrogen-bond acceptors (Lipinski definition) is 7. The lowest BCUT2D eigenvalue weighted by atomic mass is 10.1. The SMILES string of the molecule is COc1cc(C=C2N=C(c3ccccc3)OC2=O)ccc1OS(=O)(=O)c1ccccc1. The van der Waals surface area contributed by atoms with Crippen molar-refractivity contribution in [1.82, 2.24) is 0 Å². The minimum Gasteiger partial charge on any atom is -0.493 e. The Hall–Kier alpha value is -3.91. The molecule has 3 aromatic rings. The number of ether oxygens (including phenoxy) is 2. The maximum Gasteiger partial charge on any atom is 0.363 e. The van der Waals surface area contributed by atoms with Crippen molar-refractivity contribution in [3.05, 3.63) is 95.7 Å². The topological polar surface area (TPSA) is 91.3 Å². The lowest BCUT2D eigenvalue weighted by Crippen LogP contribution is -2.10. The van der Waals surface area contributed by atoms with E-state index >= 15 is 0 Å². The van der Waals surface area contributed by atoms with Gasteiger partial charge in [-0.15, -0.1) is 0 Å². The van der Waals surface area contributed by atoms with Crippen molar-refractivity contribution >= 4 is 28.1 Å². The summed E-state index contributed by atoms with van der Waals surface area (Å²) in [7, 11) is -2.63. The highest BCUT2D eigenvalue weighted by molar-refractivity contribution is 7.87. The highest BCUT2D eigenvalue weighted by Gasteiger charge is 2.24. The molecule has 0 fully saturated rings. The van der Waals surface area contributed by atoms with E-state index in [1.165, 1.54) is 31.4 Å². The summed E-state index contributed by atoms with van der Waals surface area (Å²) >= 11 is 0. The standard InChI is InChI=1S/C23H17NO6S/c1-28-21-15-16(12-13-20(21)30-31(26,27)18-10-6-3-7-11-18)14-19-23(25)29-22(24-19)17-8-4-2-5-9-17/h2-15H,1H3. The van der Waals surface area contributed by atoms with Crippen molar-refractivity contribution in [2.75, 3.05) is 7.11 Å². The van der Waals surface area contributed by atoms with Gasteiger partial charge in [-0.3, -0.25) is 0 Å². The van der Waals surface area contributed by atoms with Crippen LogP contribution >= 0.6 is 0 Å². The van der Waals surface area contributed by atoms with Gasteiger partial charge in [0.1, 0.15) is 4.90 Å². The quantitative estimate of drug-likeness (QED) is 0.332. The summed E-state index contributed by atoms with van der Waals surface area (Å²) in [5.41, 5.74) is 1.37. The van der Waals surface area contributed by atoms with E-state index in [9.17, 15) is 13.2 Å². The number of carbonyl (C=O) groups is 1. The van der Waals surface area contributed by atoms with Gasteiger partial charge in [-0.25, -0.2) is 9.79 Å². The molecule has 0 aromatic heterocycles. The van der Waals surface area contributed by atoms with Gasteiger partial charge in [-0.1, -0.05) is 42.5 Å². The summed E-state index contributed by atoms with van der Waals surface area (Å²) in [4.78, 5) is 16.5. The maximum absolute atomic E-state index is 12.5. The third-order valence-corrected chi connectivity index (χ3v) is 5.61. The maximum atomic E-state index is 12.5. The van der Waals surface area contributed by atoms with E-state index in [-0.39, 0.29) is 28.0 Å². The average Bonchev–Trinajstić information content (AvgIpc) is 3.16. The fraction of sp³-hybridized carbons (Fsp3) is 0.0435. The normalized spacial score (nSPS) is 14.8. The van der Waals surface area contributed by atoms with Crippen LogP contribution in [-0.4, -0.2) is 27.4 Å². The molecule has 31 heavy (non-hydrogen) atoms. The van der Waals surface area contributed by atoms with Crippen molar-refractivity contribution in [2.45, 2.75) is 4.90 Å². The van der Waals surface area contributed by atoms with Crippen LogP contribution in [0.4, 0.5) is 0 Å².